The quantitative estimate of drug-likeness (QED) is 0.891. The van der Waals surface area contributed by atoms with Gasteiger partial charge >= 0.3 is 6.18 Å². The van der Waals surface area contributed by atoms with E-state index in [0.29, 0.717) is 18.9 Å². The monoisotopic (exact) mass is 333 g/mol. The number of hydrogen-bond acceptors (Lipinski definition) is 5. The number of hydrogen-bond donors (Lipinski definition) is 1. The second kappa shape index (κ2) is 7.60. The normalized spacial score (nSPS) is 17.0. The van der Waals surface area contributed by atoms with Gasteiger partial charge in [0.05, 0.1) is 25.1 Å². The zero-order chi connectivity index (χ0) is 16.9. The number of halogens is 3. The number of anilines is 2. The summed E-state index contributed by atoms with van der Waals surface area (Å²) in [7, 11) is 0. The van der Waals surface area contributed by atoms with Crippen molar-refractivity contribution in [3.8, 4) is 0 Å². The molecule has 6 nitrogen and oxygen atoms in total. The Kier molecular flexibility index (Phi) is 5.78. The van der Waals surface area contributed by atoms with Crippen molar-refractivity contribution in [3.63, 3.8) is 0 Å². The molecule has 0 unspecified atom stereocenters. The lowest BCUT2D eigenvalue weighted by molar-refractivity contribution is -0.184. The third kappa shape index (κ3) is 5.68. The van der Waals surface area contributed by atoms with E-state index in [2.05, 4.69) is 15.0 Å². The van der Waals surface area contributed by atoms with E-state index in [1.54, 1.807) is 12.1 Å². The number of pyridine rings is 1. The van der Waals surface area contributed by atoms with Crippen LogP contribution in [0.15, 0.2) is 18.3 Å². The molecule has 1 atom stereocenters. The first-order valence-corrected chi connectivity index (χ1v) is 7.13. The van der Waals surface area contributed by atoms with Crippen LogP contribution in [0.3, 0.4) is 0 Å². The van der Waals surface area contributed by atoms with Crippen LogP contribution in [0.5, 0.6) is 0 Å². The number of alkyl halides is 3. The largest absolute Gasteiger partial charge is 0.411 e. The Labute approximate surface area is 131 Å². The Morgan fingerprint density at radius 1 is 1.43 bits per heavy atom. The van der Waals surface area contributed by atoms with Gasteiger partial charge in [-0.3, -0.25) is 4.79 Å². The summed E-state index contributed by atoms with van der Waals surface area (Å²) in [5.41, 5.74) is 0.398. The van der Waals surface area contributed by atoms with E-state index in [4.69, 9.17) is 4.74 Å². The molecule has 0 aliphatic carbocycles. The summed E-state index contributed by atoms with van der Waals surface area (Å²) in [6.45, 7) is 2.54. The van der Waals surface area contributed by atoms with Gasteiger partial charge in [0, 0.05) is 13.1 Å². The summed E-state index contributed by atoms with van der Waals surface area (Å²) in [6.07, 6.45) is -4.22. The smallest absolute Gasteiger partial charge is 0.378 e. The van der Waals surface area contributed by atoms with Gasteiger partial charge < -0.3 is 19.7 Å². The topological polar surface area (TPSA) is 63.7 Å². The van der Waals surface area contributed by atoms with Crippen LogP contribution in [0, 0.1) is 0 Å². The van der Waals surface area contributed by atoms with E-state index >= 15 is 0 Å². The minimum absolute atomic E-state index is 0.398. The van der Waals surface area contributed by atoms with Crippen molar-refractivity contribution in [1.29, 1.82) is 0 Å². The number of aromatic nitrogens is 1. The van der Waals surface area contributed by atoms with Gasteiger partial charge in [0.1, 0.15) is 18.5 Å². The van der Waals surface area contributed by atoms with E-state index in [1.807, 2.05) is 4.90 Å². The van der Waals surface area contributed by atoms with Crippen molar-refractivity contribution >= 4 is 17.4 Å². The number of carbonyl (C=O) groups is 1. The van der Waals surface area contributed by atoms with Crippen molar-refractivity contribution in [3.05, 3.63) is 18.3 Å². The summed E-state index contributed by atoms with van der Waals surface area (Å²) < 4.78 is 45.9. The van der Waals surface area contributed by atoms with Gasteiger partial charge in [-0.1, -0.05) is 0 Å². The lowest BCUT2D eigenvalue weighted by Gasteiger charge is -2.27. The number of carbonyl (C=O) groups excluding carboxylic acids is 1. The summed E-state index contributed by atoms with van der Waals surface area (Å²) in [6, 6.07) is 3.38. The highest BCUT2D eigenvalue weighted by atomic mass is 19.4. The lowest BCUT2D eigenvalue weighted by Crippen LogP contribution is -2.36. The molecule has 2 heterocycles. The number of nitrogens with zero attached hydrogens (tertiary/aromatic N) is 2. The summed E-state index contributed by atoms with van der Waals surface area (Å²) in [5, 5.41) is 2.47. The van der Waals surface area contributed by atoms with Gasteiger partial charge in [-0.05, 0) is 19.1 Å². The van der Waals surface area contributed by atoms with E-state index in [1.165, 1.54) is 13.1 Å². The molecule has 128 valence electrons. The van der Waals surface area contributed by atoms with Crippen molar-refractivity contribution in [2.75, 3.05) is 43.1 Å². The lowest BCUT2D eigenvalue weighted by atomic mass is 10.3. The SMILES string of the molecule is C[C@H](OCC(F)(F)F)C(=O)Nc1ccc(N2CCOCC2)nc1. The van der Waals surface area contributed by atoms with Crippen LogP contribution in [0.25, 0.3) is 0 Å². The highest BCUT2D eigenvalue weighted by Crippen LogP contribution is 2.17. The molecule has 9 heteroatoms. The number of rotatable bonds is 5. The average Bonchev–Trinajstić information content (AvgIpc) is 2.53. The number of ether oxygens (including phenoxy) is 2. The maximum atomic E-state index is 12.0. The Balaban J connectivity index is 1.86. The Bertz CT molecular complexity index is 516. The molecular formula is C14H18F3N3O3. The van der Waals surface area contributed by atoms with E-state index in [0.717, 1.165) is 18.9 Å². The fourth-order valence-electron chi connectivity index (χ4n) is 1.98. The molecule has 1 aromatic rings. The van der Waals surface area contributed by atoms with Crippen LogP contribution < -0.4 is 10.2 Å². The molecule has 23 heavy (non-hydrogen) atoms. The van der Waals surface area contributed by atoms with E-state index in [9.17, 15) is 18.0 Å². The first kappa shape index (κ1) is 17.5. The van der Waals surface area contributed by atoms with Crippen molar-refractivity contribution in [2.24, 2.45) is 0 Å². The minimum atomic E-state index is -4.46. The molecule has 0 aromatic carbocycles. The zero-order valence-electron chi connectivity index (χ0n) is 12.6. The van der Waals surface area contributed by atoms with Gasteiger partial charge in [-0.25, -0.2) is 4.98 Å². The summed E-state index contributed by atoms with van der Waals surface area (Å²) >= 11 is 0. The zero-order valence-corrected chi connectivity index (χ0v) is 12.6. The minimum Gasteiger partial charge on any atom is -0.378 e. The molecule has 0 spiro atoms. The summed E-state index contributed by atoms with van der Waals surface area (Å²) in [4.78, 5) is 18.0. The summed E-state index contributed by atoms with van der Waals surface area (Å²) in [5.74, 6) is 0.0999. The van der Waals surface area contributed by atoms with Crippen LogP contribution in [0.4, 0.5) is 24.7 Å². The van der Waals surface area contributed by atoms with Crippen LogP contribution in [0.1, 0.15) is 6.92 Å². The molecule has 1 fully saturated rings. The second-order valence-corrected chi connectivity index (χ2v) is 5.06. The number of nitrogens with one attached hydrogen (secondary N) is 1. The predicted octanol–water partition coefficient (Wildman–Crippen LogP) is 1.82. The molecule has 0 bridgehead atoms. The first-order chi connectivity index (χ1) is 10.8. The molecule has 2 rings (SSSR count). The Morgan fingerprint density at radius 2 is 2.13 bits per heavy atom. The third-order valence-electron chi connectivity index (χ3n) is 3.22. The number of morpholine rings is 1. The molecule has 1 aliphatic heterocycles. The molecule has 1 aromatic heterocycles. The highest BCUT2D eigenvalue weighted by molar-refractivity contribution is 5.93. The van der Waals surface area contributed by atoms with Gasteiger partial charge in [-0.15, -0.1) is 0 Å². The predicted molar refractivity (Wildman–Crippen MR) is 77.4 cm³/mol. The van der Waals surface area contributed by atoms with Crippen molar-refractivity contribution in [1.82, 2.24) is 4.98 Å². The Morgan fingerprint density at radius 3 is 2.70 bits per heavy atom. The molecule has 0 saturated carbocycles. The standard InChI is InChI=1S/C14H18F3N3O3/c1-10(23-9-14(15,16)17)13(21)19-11-2-3-12(18-8-11)20-4-6-22-7-5-20/h2-3,8,10H,4-7,9H2,1H3,(H,19,21)/t10-/m0/s1. The molecule has 1 amide bonds. The molecule has 1 saturated heterocycles. The number of amides is 1. The van der Waals surface area contributed by atoms with Crippen LogP contribution in [0.2, 0.25) is 0 Å². The molecule has 1 N–H and O–H groups in total. The maximum absolute atomic E-state index is 12.0. The van der Waals surface area contributed by atoms with Crippen LogP contribution >= 0.6 is 0 Å². The van der Waals surface area contributed by atoms with Gasteiger partial charge in [-0.2, -0.15) is 13.2 Å². The van der Waals surface area contributed by atoms with Crippen LogP contribution in [-0.2, 0) is 14.3 Å². The van der Waals surface area contributed by atoms with Crippen molar-refractivity contribution in [2.45, 2.75) is 19.2 Å². The fourth-order valence-corrected chi connectivity index (χ4v) is 1.98. The average molecular weight is 333 g/mol. The van der Waals surface area contributed by atoms with Gasteiger partial charge in [0.15, 0.2) is 0 Å². The van der Waals surface area contributed by atoms with Gasteiger partial charge in [0.25, 0.3) is 5.91 Å². The highest BCUT2D eigenvalue weighted by Gasteiger charge is 2.30. The Hall–Kier alpha value is -1.87. The third-order valence-corrected chi connectivity index (χ3v) is 3.22. The van der Waals surface area contributed by atoms with Crippen LogP contribution in [-0.4, -0.2) is 56.1 Å². The molecule has 0 radical (unpaired) electrons. The molecule has 1 aliphatic rings. The first-order valence-electron chi connectivity index (χ1n) is 7.13. The van der Waals surface area contributed by atoms with Gasteiger partial charge in [0.2, 0.25) is 0 Å². The maximum Gasteiger partial charge on any atom is 0.411 e. The second-order valence-electron chi connectivity index (χ2n) is 5.06. The van der Waals surface area contributed by atoms with E-state index < -0.39 is 24.8 Å². The van der Waals surface area contributed by atoms with E-state index in [-0.39, 0.29) is 0 Å². The van der Waals surface area contributed by atoms with Crippen molar-refractivity contribution < 1.29 is 27.4 Å². The fraction of sp³-hybridized carbons (Fsp3) is 0.571. The molecular weight excluding hydrogens is 315 g/mol.